The highest BCUT2D eigenvalue weighted by molar-refractivity contribution is 5.89. The number of aromatic nitrogens is 2. The summed E-state index contributed by atoms with van der Waals surface area (Å²) >= 11 is 0. The summed E-state index contributed by atoms with van der Waals surface area (Å²) in [6.07, 6.45) is 1.68. The van der Waals surface area contributed by atoms with Crippen molar-refractivity contribution in [1.29, 1.82) is 5.26 Å². The standard InChI is InChI=1S/C13H18N4O2.2C2H6/c1-3-19-12(18)11-9(2)15-13(16-11)17-6-4-10(8-14)5-7-17;2*1-2/h10H,3-7H2,1-2H3,(H,15,16);2*1-2H3. The number of aryl methyl sites for hydroxylation is 1. The molecule has 2 rings (SSSR count). The zero-order valence-electron chi connectivity index (χ0n) is 15.3. The number of esters is 1. The van der Waals surface area contributed by atoms with Gasteiger partial charge in [0.25, 0.3) is 0 Å². The fourth-order valence-corrected chi connectivity index (χ4v) is 2.21. The lowest BCUT2D eigenvalue weighted by molar-refractivity contribution is 0.0519. The monoisotopic (exact) mass is 322 g/mol. The number of carbonyl (C=O) groups is 1. The molecule has 1 saturated heterocycles. The summed E-state index contributed by atoms with van der Waals surface area (Å²) in [4.78, 5) is 21.2. The average molecular weight is 322 g/mol. The van der Waals surface area contributed by atoms with Gasteiger partial charge < -0.3 is 14.6 Å². The molecule has 1 aliphatic rings. The van der Waals surface area contributed by atoms with Gasteiger partial charge in [0, 0.05) is 24.7 Å². The van der Waals surface area contributed by atoms with E-state index in [0.717, 1.165) is 31.6 Å². The van der Waals surface area contributed by atoms with Gasteiger partial charge in [0.05, 0.1) is 12.7 Å². The number of rotatable bonds is 3. The number of ether oxygens (including phenoxy) is 1. The Bertz CT molecular complexity index is 497. The molecule has 1 aromatic heterocycles. The van der Waals surface area contributed by atoms with Gasteiger partial charge >= 0.3 is 5.97 Å². The molecule has 2 heterocycles. The van der Waals surface area contributed by atoms with Gasteiger partial charge in [-0.2, -0.15) is 5.26 Å². The smallest absolute Gasteiger partial charge is 0.358 e. The zero-order chi connectivity index (χ0) is 17.8. The van der Waals surface area contributed by atoms with Crippen LogP contribution in [0.1, 0.15) is 63.6 Å². The van der Waals surface area contributed by atoms with Crippen molar-refractivity contribution in [1.82, 2.24) is 9.97 Å². The van der Waals surface area contributed by atoms with Crippen LogP contribution >= 0.6 is 0 Å². The summed E-state index contributed by atoms with van der Waals surface area (Å²) in [6.45, 7) is 13.5. The molecule has 0 radical (unpaired) electrons. The van der Waals surface area contributed by atoms with Crippen LogP contribution in [0.3, 0.4) is 0 Å². The minimum Gasteiger partial charge on any atom is -0.461 e. The van der Waals surface area contributed by atoms with Gasteiger partial charge in [-0.05, 0) is 26.7 Å². The number of anilines is 1. The van der Waals surface area contributed by atoms with E-state index in [-0.39, 0.29) is 5.92 Å². The van der Waals surface area contributed by atoms with Crippen LogP contribution in [0, 0.1) is 24.2 Å². The van der Waals surface area contributed by atoms with Crippen molar-refractivity contribution in [3.05, 3.63) is 11.4 Å². The minimum atomic E-state index is -0.394. The van der Waals surface area contributed by atoms with Crippen molar-refractivity contribution in [2.45, 2.75) is 54.4 Å². The number of nitrogens with one attached hydrogen (secondary N) is 1. The van der Waals surface area contributed by atoms with Gasteiger partial charge in [0.1, 0.15) is 0 Å². The van der Waals surface area contributed by atoms with Crippen LogP contribution < -0.4 is 4.90 Å². The second-order valence-electron chi connectivity index (χ2n) is 4.64. The van der Waals surface area contributed by atoms with Crippen molar-refractivity contribution in [3.63, 3.8) is 0 Å². The first-order valence-electron chi connectivity index (χ1n) is 8.54. The van der Waals surface area contributed by atoms with Gasteiger partial charge in [0.15, 0.2) is 5.69 Å². The van der Waals surface area contributed by atoms with E-state index in [0.29, 0.717) is 18.2 Å². The first kappa shape index (κ1) is 21.0. The SMILES string of the molecule is CC.CC.CCOC(=O)c1nc(N2CCC(C#N)CC2)[nH]c1C. The lowest BCUT2D eigenvalue weighted by Crippen LogP contribution is -2.34. The lowest BCUT2D eigenvalue weighted by Gasteiger charge is -2.28. The fourth-order valence-electron chi connectivity index (χ4n) is 2.21. The van der Waals surface area contributed by atoms with Crippen LogP contribution in [0.15, 0.2) is 0 Å². The Morgan fingerprint density at radius 2 is 1.91 bits per heavy atom. The second-order valence-corrected chi connectivity index (χ2v) is 4.64. The summed E-state index contributed by atoms with van der Waals surface area (Å²) in [5.41, 5.74) is 1.06. The maximum Gasteiger partial charge on any atom is 0.358 e. The Morgan fingerprint density at radius 1 is 1.35 bits per heavy atom. The third-order valence-corrected chi connectivity index (χ3v) is 3.32. The Hall–Kier alpha value is -2.03. The Kier molecular flexibility index (Phi) is 10.5. The summed E-state index contributed by atoms with van der Waals surface area (Å²) < 4.78 is 4.96. The Labute approximate surface area is 139 Å². The molecular formula is C17H30N4O2. The normalized spacial score (nSPS) is 13.9. The molecule has 0 amide bonds. The van der Waals surface area contributed by atoms with Gasteiger partial charge in [-0.15, -0.1) is 0 Å². The van der Waals surface area contributed by atoms with Crippen LogP contribution in [0.2, 0.25) is 0 Å². The van der Waals surface area contributed by atoms with Crippen molar-refractivity contribution in [2.75, 3.05) is 24.6 Å². The molecule has 1 fully saturated rings. The van der Waals surface area contributed by atoms with Crippen molar-refractivity contribution >= 4 is 11.9 Å². The highest BCUT2D eigenvalue weighted by Crippen LogP contribution is 2.22. The predicted octanol–water partition coefficient (Wildman–Crippen LogP) is 3.69. The molecule has 0 bridgehead atoms. The second kappa shape index (κ2) is 11.5. The number of hydrogen-bond acceptors (Lipinski definition) is 5. The summed E-state index contributed by atoms with van der Waals surface area (Å²) in [6, 6.07) is 2.30. The largest absolute Gasteiger partial charge is 0.461 e. The lowest BCUT2D eigenvalue weighted by atomic mass is 9.99. The van der Waals surface area contributed by atoms with Crippen molar-refractivity contribution in [2.24, 2.45) is 5.92 Å². The zero-order valence-corrected chi connectivity index (χ0v) is 15.3. The first-order valence-corrected chi connectivity index (χ1v) is 8.54. The molecule has 0 aromatic carbocycles. The van der Waals surface area contributed by atoms with E-state index in [9.17, 15) is 4.79 Å². The van der Waals surface area contributed by atoms with Gasteiger partial charge in [0.2, 0.25) is 5.95 Å². The highest BCUT2D eigenvalue weighted by Gasteiger charge is 2.23. The number of H-pyrrole nitrogens is 1. The first-order chi connectivity index (χ1) is 11.2. The van der Waals surface area contributed by atoms with Crippen LogP contribution in [0.25, 0.3) is 0 Å². The average Bonchev–Trinajstić information content (AvgIpc) is 3.01. The molecule has 1 aromatic rings. The molecule has 6 nitrogen and oxygen atoms in total. The van der Waals surface area contributed by atoms with Crippen LogP contribution in [0.4, 0.5) is 5.95 Å². The van der Waals surface area contributed by atoms with E-state index < -0.39 is 5.97 Å². The van der Waals surface area contributed by atoms with E-state index in [1.807, 2.05) is 34.6 Å². The molecule has 1 aliphatic heterocycles. The maximum absolute atomic E-state index is 11.7. The molecule has 130 valence electrons. The number of hydrogen-bond donors (Lipinski definition) is 1. The maximum atomic E-state index is 11.7. The highest BCUT2D eigenvalue weighted by atomic mass is 16.5. The summed E-state index contributed by atoms with van der Waals surface area (Å²) in [5, 5.41) is 8.87. The van der Waals surface area contributed by atoms with Crippen LogP contribution in [-0.2, 0) is 4.74 Å². The van der Waals surface area contributed by atoms with Crippen molar-refractivity contribution in [3.8, 4) is 6.07 Å². The van der Waals surface area contributed by atoms with E-state index in [1.54, 1.807) is 6.92 Å². The number of carbonyl (C=O) groups excluding carboxylic acids is 1. The number of piperidine rings is 1. The van der Waals surface area contributed by atoms with E-state index in [1.165, 1.54) is 0 Å². The molecule has 0 saturated carbocycles. The molecular weight excluding hydrogens is 292 g/mol. The third-order valence-electron chi connectivity index (χ3n) is 3.32. The predicted molar refractivity (Wildman–Crippen MR) is 92.5 cm³/mol. The van der Waals surface area contributed by atoms with Crippen LogP contribution in [-0.4, -0.2) is 35.6 Å². The minimum absolute atomic E-state index is 0.136. The van der Waals surface area contributed by atoms with E-state index >= 15 is 0 Å². The molecule has 0 unspecified atom stereocenters. The molecule has 23 heavy (non-hydrogen) atoms. The number of nitriles is 1. The van der Waals surface area contributed by atoms with E-state index in [2.05, 4.69) is 20.9 Å². The molecule has 1 N–H and O–H groups in total. The Morgan fingerprint density at radius 3 is 2.39 bits per heavy atom. The topological polar surface area (TPSA) is 82.0 Å². The number of aromatic amines is 1. The van der Waals surface area contributed by atoms with Gasteiger partial charge in [-0.3, -0.25) is 0 Å². The van der Waals surface area contributed by atoms with Crippen LogP contribution in [0.5, 0.6) is 0 Å². The number of imidazole rings is 1. The fraction of sp³-hybridized carbons (Fsp3) is 0.706. The third kappa shape index (κ3) is 5.93. The molecule has 0 atom stereocenters. The molecule has 6 heteroatoms. The molecule has 0 aliphatic carbocycles. The molecule has 0 spiro atoms. The van der Waals surface area contributed by atoms with Crippen molar-refractivity contribution < 1.29 is 9.53 Å². The summed E-state index contributed by atoms with van der Waals surface area (Å²) in [5.74, 6) is 0.434. The number of nitrogens with zero attached hydrogens (tertiary/aromatic N) is 3. The van der Waals surface area contributed by atoms with Gasteiger partial charge in [-0.1, -0.05) is 27.7 Å². The summed E-state index contributed by atoms with van der Waals surface area (Å²) in [7, 11) is 0. The quantitative estimate of drug-likeness (QED) is 0.858. The Balaban J connectivity index is 0.00000112. The van der Waals surface area contributed by atoms with E-state index in [4.69, 9.17) is 10.00 Å². The van der Waals surface area contributed by atoms with Gasteiger partial charge in [-0.25, -0.2) is 9.78 Å².